The van der Waals surface area contributed by atoms with Gasteiger partial charge in [-0.05, 0) is 45.2 Å². The summed E-state index contributed by atoms with van der Waals surface area (Å²) in [4.78, 5) is 30.9. The highest BCUT2D eigenvalue weighted by Crippen LogP contribution is 2.29. The highest BCUT2D eigenvalue weighted by molar-refractivity contribution is 7.19. The van der Waals surface area contributed by atoms with Crippen LogP contribution < -0.4 is 10.9 Å². The van der Waals surface area contributed by atoms with Gasteiger partial charge in [0.1, 0.15) is 10.2 Å². The molecule has 0 radical (unpaired) electrons. The Bertz CT molecular complexity index is 1050. The smallest absolute Gasteiger partial charge is 0.271 e. The van der Waals surface area contributed by atoms with E-state index in [1.54, 1.807) is 4.57 Å². The Morgan fingerprint density at radius 1 is 1.31 bits per heavy atom. The van der Waals surface area contributed by atoms with E-state index in [0.717, 1.165) is 28.1 Å². The van der Waals surface area contributed by atoms with Crippen LogP contribution in [0, 0.1) is 13.8 Å². The van der Waals surface area contributed by atoms with E-state index in [2.05, 4.69) is 17.2 Å². The first-order valence-electron chi connectivity index (χ1n) is 8.75. The number of nitrogens with one attached hydrogen (secondary N) is 1. The van der Waals surface area contributed by atoms with Gasteiger partial charge in [-0.3, -0.25) is 14.2 Å². The number of hydrogen-bond donors (Lipinski definition) is 1. The minimum atomic E-state index is -0.216. The molecule has 0 aliphatic rings. The second-order valence-corrected chi connectivity index (χ2v) is 7.90. The summed E-state index contributed by atoms with van der Waals surface area (Å²) in [6.45, 7) is 9.78. The van der Waals surface area contributed by atoms with Crippen molar-refractivity contribution in [2.24, 2.45) is 0 Å². The largest absolute Gasteiger partial charge is 0.321 e. The van der Waals surface area contributed by atoms with E-state index in [0.29, 0.717) is 15.8 Å². The molecule has 0 saturated carbocycles. The zero-order valence-corrected chi connectivity index (χ0v) is 16.5. The van der Waals surface area contributed by atoms with E-state index in [-0.39, 0.29) is 17.5 Å². The predicted octanol–water partition coefficient (Wildman–Crippen LogP) is 4.47. The summed E-state index contributed by atoms with van der Waals surface area (Å²) in [5, 5.41) is 3.04. The fourth-order valence-electron chi connectivity index (χ4n) is 3.10. The van der Waals surface area contributed by atoms with Crippen molar-refractivity contribution in [3.8, 4) is 0 Å². The molecule has 0 aliphatic heterocycles. The maximum Gasteiger partial charge on any atom is 0.271 e. The van der Waals surface area contributed by atoms with E-state index in [4.69, 9.17) is 0 Å². The molecule has 136 valence electrons. The van der Waals surface area contributed by atoms with Crippen LogP contribution in [0.1, 0.15) is 53.2 Å². The van der Waals surface area contributed by atoms with Crippen LogP contribution in [0.2, 0.25) is 0 Å². The number of aromatic nitrogens is 2. The van der Waals surface area contributed by atoms with Gasteiger partial charge in [-0.25, -0.2) is 4.98 Å². The fourth-order valence-corrected chi connectivity index (χ4v) is 4.15. The number of hydrogen-bond acceptors (Lipinski definition) is 4. The molecule has 2 aromatic heterocycles. The minimum absolute atomic E-state index is 0.0261. The Balaban J connectivity index is 2.09. The average molecular weight is 369 g/mol. The van der Waals surface area contributed by atoms with Crippen LogP contribution in [0.3, 0.4) is 0 Å². The van der Waals surface area contributed by atoms with E-state index in [1.165, 1.54) is 17.7 Å². The second kappa shape index (κ2) is 7.03. The third-order valence-corrected chi connectivity index (χ3v) is 5.64. The van der Waals surface area contributed by atoms with Gasteiger partial charge in [-0.2, -0.15) is 0 Å². The number of carbonyl (C=O) groups excluding carboxylic acids is 1. The van der Waals surface area contributed by atoms with Crippen LogP contribution >= 0.6 is 11.3 Å². The molecule has 1 N–H and O–H groups in total. The second-order valence-electron chi connectivity index (χ2n) is 6.68. The average Bonchev–Trinajstić information content (AvgIpc) is 2.93. The van der Waals surface area contributed by atoms with Crippen LogP contribution in [0.25, 0.3) is 10.2 Å². The van der Waals surface area contributed by atoms with Crippen LogP contribution in [0.4, 0.5) is 5.69 Å². The van der Waals surface area contributed by atoms with Crippen molar-refractivity contribution < 1.29 is 4.79 Å². The van der Waals surface area contributed by atoms with Gasteiger partial charge in [-0.1, -0.05) is 25.1 Å². The summed E-state index contributed by atoms with van der Waals surface area (Å²) in [5.41, 5.74) is 3.83. The first-order chi connectivity index (χ1) is 12.3. The van der Waals surface area contributed by atoms with E-state index in [1.807, 2.05) is 45.9 Å². The van der Waals surface area contributed by atoms with Crippen molar-refractivity contribution in [3.05, 3.63) is 56.4 Å². The number of thiophene rings is 1. The monoisotopic (exact) mass is 369 g/mol. The number of rotatable bonds is 4. The van der Waals surface area contributed by atoms with Crippen LogP contribution in [-0.4, -0.2) is 15.5 Å². The number of amides is 1. The number of carbonyl (C=O) groups is 1. The number of benzene rings is 1. The zero-order valence-electron chi connectivity index (χ0n) is 15.7. The van der Waals surface area contributed by atoms with Gasteiger partial charge in [-0.15, -0.1) is 11.3 Å². The molecular formula is C20H23N3O2S. The maximum absolute atomic E-state index is 13.0. The van der Waals surface area contributed by atoms with Gasteiger partial charge < -0.3 is 5.32 Å². The molecule has 0 spiro atoms. The quantitative estimate of drug-likeness (QED) is 0.738. The molecule has 0 saturated heterocycles. The lowest BCUT2D eigenvalue weighted by Crippen LogP contribution is -2.22. The van der Waals surface area contributed by atoms with Crippen molar-refractivity contribution in [3.63, 3.8) is 0 Å². The highest BCUT2D eigenvalue weighted by Gasteiger charge is 2.22. The van der Waals surface area contributed by atoms with Crippen molar-refractivity contribution in [2.45, 2.75) is 47.1 Å². The summed E-state index contributed by atoms with van der Waals surface area (Å²) < 4.78 is 2.13. The summed E-state index contributed by atoms with van der Waals surface area (Å²) in [6, 6.07) is 6.01. The molecule has 5 nitrogen and oxygen atoms in total. The Morgan fingerprint density at radius 3 is 2.69 bits per heavy atom. The maximum atomic E-state index is 13.0. The lowest BCUT2D eigenvalue weighted by atomic mass is 10.1. The molecule has 1 aromatic carbocycles. The summed E-state index contributed by atoms with van der Waals surface area (Å²) in [6.07, 6.45) is 2.36. The lowest BCUT2D eigenvalue weighted by Gasteiger charge is -2.13. The molecule has 1 amide bonds. The number of fused-ring (bicyclic) bond motifs is 1. The van der Waals surface area contributed by atoms with Gasteiger partial charge in [0.2, 0.25) is 0 Å². The molecule has 0 atom stereocenters. The number of para-hydroxylation sites is 1. The predicted molar refractivity (Wildman–Crippen MR) is 108 cm³/mol. The van der Waals surface area contributed by atoms with Gasteiger partial charge >= 0.3 is 0 Å². The van der Waals surface area contributed by atoms with Gasteiger partial charge in [0, 0.05) is 16.6 Å². The topological polar surface area (TPSA) is 64.0 Å². The van der Waals surface area contributed by atoms with Gasteiger partial charge in [0.25, 0.3) is 11.5 Å². The molecule has 0 aliphatic carbocycles. The number of aryl methyl sites for hydroxylation is 3. The molecule has 26 heavy (non-hydrogen) atoms. The first-order valence-corrected chi connectivity index (χ1v) is 9.56. The SMILES string of the molecule is CCc1cccc(C)c1NC(=O)c1c(C)sc2c(=O)n(C(C)C)cnc12. The molecule has 0 fully saturated rings. The summed E-state index contributed by atoms with van der Waals surface area (Å²) in [7, 11) is 0. The number of anilines is 1. The van der Waals surface area contributed by atoms with Crippen molar-refractivity contribution in [1.29, 1.82) is 0 Å². The number of nitrogens with zero attached hydrogens (tertiary/aromatic N) is 2. The fraction of sp³-hybridized carbons (Fsp3) is 0.350. The summed E-state index contributed by atoms with van der Waals surface area (Å²) >= 11 is 1.33. The first kappa shape index (κ1) is 18.3. The lowest BCUT2D eigenvalue weighted by molar-refractivity contribution is 0.102. The highest BCUT2D eigenvalue weighted by atomic mass is 32.1. The standard InChI is InChI=1S/C20H23N3O2S/c1-6-14-9-7-8-12(4)16(14)22-19(24)15-13(5)26-18-17(15)21-10-23(11(2)3)20(18)25/h7-11H,6H2,1-5H3,(H,22,24). The summed E-state index contributed by atoms with van der Waals surface area (Å²) in [5.74, 6) is -0.216. The van der Waals surface area contributed by atoms with E-state index >= 15 is 0 Å². The Morgan fingerprint density at radius 2 is 2.04 bits per heavy atom. The third kappa shape index (κ3) is 3.05. The molecular weight excluding hydrogens is 346 g/mol. The Labute approximate surface area is 156 Å². The van der Waals surface area contributed by atoms with Crippen LogP contribution in [0.5, 0.6) is 0 Å². The minimum Gasteiger partial charge on any atom is -0.321 e. The molecule has 3 rings (SSSR count). The molecule has 2 heterocycles. The van der Waals surface area contributed by atoms with Crippen LogP contribution in [0.15, 0.2) is 29.3 Å². The Hall–Kier alpha value is -2.47. The normalized spacial score (nSPS) is 11.3. The van der Waals surface area contributed by atoms with Crippen molar-refractivity contribution >= 4 is 33.1 Å². The van der Waals surface area contributed by atoms with Crippen molar-refractivity contribution in [1.82, 2.24) is 9.55 Å². The van der Waals surface area contributed by atoms with Gasteiger partial charge in [0.15, 0.2) is 0 Å². The molecule has 6 heteroatoms. The van der Waals surface area contributed by atoms with Crippen molar-refractivity contribution in [2.75, 3.05) is 5.32 Å². The molecule has 0 bridgehead atoms. The molecule has 0 unspecified atom stereocenters. The molecule has 3 aromatic rings. The van der Waals surface area contributed by atoms with E-state index < -0.39 is 0 Å². The zero-order chi connectivity index (χ0) is 19.0. The van der Waals surface area contributed by atoms with Gasteiger partial charge in [0.05, 0.1) is 11.9 Å². The Kier molecular flexibility index (Phi) is 4.96. The van der Waals surface area contributed by atoms with Crippen LogP contribution in [-0.2, 0) is 6.42 Å². The third-order valence-electron chi connectivity index (χ3n) is 4.56. The van der Waals surface area contributed by atoms with E-state index in [9.17, 15) is 9.59 Å².